The molecule has 2 unspecified atom stereocenters. The molecule has 0 heterocycles. The molecule has 0 saturated heterocycles. The van der Waals surface area contributed by atoms with Gasteiger partial charge >= 0.3 is 0 Å². The van der Waals surface area contributed by atoms with E-state index >= 15 is 0 Å². The van der Waals surface area contributed by atoms with Crippen LogP contribution in [0, 0.1) is 17.2 Å². The second-order valence-corrected chi connectivity index (χ2v) is 5.97. The highest BCUT2D eigenvalue weighted by atomic mass is 32.2. The van der Waals surface area contributed by atoms with Gasteiger partial charge < -0.3 is 5.32 Å². The molecule has 0 amide bonds. The molecule has 2 nitrogen and oxygen atoms in total. The summed E-state index contributed by atoms with van der Waals surface area (Å²) >= 11 is 1.93. The van der Waals surface area contributed by atoms with Crippen molar-refractivity contribution in [2.24, 2.45) is 5.92 Å². The van der Waals surface area contributed by atoms with Crippen LogP contribution in [0.2, 0.25) is 0 Å². The molecular formula is C14H26N2S. The van der Waals surface area contributed by atoms with Crippen LogP contribution >= 0.6 is 11.8 Å². The Bertz CT molecular complexity index is 225. The van der Waals surface area contributed by atoms with E-state index in [1.807, 2.05) is 11.8 Å². The van der Waals surface area contributed by atoms with E-state index in [1.165, 1.54) is 50.7 Å². The minimum atomic E-state index is 0.253. The lowest BCUT2D eigenvalue weighted by Gasteiger charge is -2.20. The lowest BCUT2D eigenvalue weighted by Crippen LogP contribution is -2.35. The first kappa shape index (κ1) is 14.9. The molecule has 0 bridgehead atoms. The van der Waals surface area contributed by atoms with Gasteiger partial charge in [0, 0.05) is 6.04 Å². The lowest BCUT2D eigenvalue weighted by atomic mass is 9.96. The molecule has 0 aliphatic heterocycles. The molecule has 98 valence electrons. The molecule has 0 aromatic rings. The zero-order valence-electron chi connectivity index (χ0n) is 11.1. The van der Waals surface area contributed by atoms with Gasteiger partial charge in [-0.3, -0.25) is 0 Å². The summed E-state index contributed by atoms with van der Waals surface area (Å²) in [4.78, 5) is 0. The Hall–Kier alpha value is -0.200. The Morgan fingerprint density at radius 3 is 2.76 bits per heavy atom. The summed E-state index contributed by atoms with van der Waals surface area (Å²) in [7, 11) is 0. The molecule has 1 aliphatic carbocycles. The molecule has 17 heavy (non-hydrogen) atoms. The first-order chi connectivity index (χ1) is 8.38. The van der Waals surface area contributed by atoms with Gasteiger partial charge in [-0.15, -0.1) is 0 Å². The van der Waals surface area contributed by atoms with Crippen molar-refractivity contribution >= 4 is 11.8 Å². The van der Waals surface area contributed by atoms with Gasteiger partial charge in [0.25, 0.3) is 0 Å². The predicted octanol–water partition coefficient (Wildman–Crippen LogP) is 3.58. The topological polar surface area (TPSA) is 35.8 Å². The molecular weight excluding hydrogens is 228 g/mol. The third-order valence-electron chi connectivity index (χ3n) is 3.61. The van der Waals surface area contributed by atoms with Crippen molar-refractivity contribution in [1.29, 1.82) is 5.26 Å². The van der Waals surface area contributed by atoms with Crippen LogP contribution < -0.4 is 5.32 Å². The van der Waals surface area contributed by atoms with Gasteiger partial charge in [-0.1, -0.05) is 25.7 Å². The number of thioether (sulfide) groups is 1. The van der Waals surface area contributed by atoms with Crippen molar-refractivity contribution in [3.63, 3.8) is 0 Å². The van der Waals surface area contributed by atoms with Crippen LogP contribution in [-0.4, -0.2) is 24.6 Å². The van der Waals surface area contributed by atoms with Crippen LogP contribution in [0.5, 0.6) is 0 Å². The number of nitrogens with zero attached hydrogens (tertiary/aromatic N) is 1. The van der Waals surface area contributed by atoms with Crippen molar-refractivity contribution in [3.8, 4) is 6.07 Å². The Morgan fingerprint density at radius 1 is 1.18 bits per heavy atom. The van der Waals surface area contributed by atoms with Gasteiger partial charge in [0.15, 0.2) is 0 Å². The summed E-state index contributed by atoms with van der Waals surface area (Å²) in [6.07, 6.45) is 12.2. The van der Waals surface area contributed by atoms with Crippen LogP contribution in [0.1, 0.15) is 51.4 Å². The molecule has 2 atom stereocenters. The van der Waals surface area contributed by atoms with E-state index in [4.69, 9.17) is 5.26 Å². The van der Waals surface area contributed by atoms with Crippen molar-refractivity contribution in [1.82, 2.24) is 5.32 Å². The fraction of sp³-hybridized carbons (Fsp3) is 0.929. The minimum absolute atomic E-state index is 0.253. The van der Waals surface area contributed by atoms with E-state index in [0.29, 0.717) is 6.04 Å². The Labute approximate surface area is 111 Å². The molecule has 3 heteroatoms. The normalized spacial score (nSPS) is 25.2. The van der Waals surface area contributed by atoms with Gasteiger partial charge in [-0.05, 0) is 44.2 Å². The molecule has 1 N–H and O–H groups in total. The van der Waals surface area contributed by atoms with E-state index in [0.717, 1.165) is 13.0 Å². The number of hydrogen-bond donors (Lipinski definition) is 1. The Morgan fingerprint density at radius 2 is 2.00 bits per heavy atom. The SMILES string of the molecule is CSCCCCCNC1CCCCCC1C#N. The quantitative estimate of drug-likeness (QED) is 0.557. The standard InChI is InChI=1S/C14H26N2S/c1-17-11-7-3-6-10-16-14-9-5-2-4-8-13(14)12-15/h13-14,16H,2-11H2,1H3. The van der Waals surface area contributed by atoms with Crippen molar-refractivity contribution in [2.45, 2.75) is 57.4 Å². The van der Waals surface area contributed by atoms with E-state index < -0.39 is 0 Å². The van der Waals surface area contributed by atoms with Crippen LogP contribution in [0.15, 0.2) is 0 Å². The van der Waals surface area contributed by atoms with Crippen molar-refractivity contribution < 1.29 is 0 Å². The molecule has 1 aliphatic rings. The van der Waals surface area contributed by atoms with Gasteiger partial charge in [0.05, 0.1) is 12.0 Å². The molecule has 0 spiro atoms. The summed E-state index contributed by atoms with van der Waals surface area (Å²) in [6, 6.07) is 2.95. The summed E-state index contributed by atoms with van der Waals surface area (Å²) < 4.78 is 0. The number of unbranched alkanes of at least 4 members (excludes halogenated alkanes) is 2. The monoisotopic (exact) mass is 254 g/mol. The maximum Gasteiger partial charge on any atom is 0.0672 e. The maximum atomic E-state index is 9.17. The first-order valence-electron chi connectivity index (χ1n) is 7.00. The second-order valence-electron chi connectivity index (χ2n) is 4.99. The van der Waals surface area contributed by atoms with Crippen LogP contribution in [0.4, 0.5) is 0 Å². The zero-order valence-corrected chi connectivity index (χ0v) is 11.9. The second kappa shape index (κ2) is 9.79. The number of rotatable bonds is 7. The molecule has 0 aromatic heterocycles. The van der Waals surface area contributed by atoms with Crippen molar-refractivity contribution in [3.05, 3.63) is 0 Å². The van der Waals surface area contributed by atoms with Crippen LogP contribution in [-0.2, 0) is 0 Å². The van der Waals surface area contributed by atoms with Gasteiger partial charge in [-0.25, -0.2) is 0 Å². The molecule has 0 aromatic carbocycles. The third kappa shape index (κ3) is 6.33. The Kier molecular flexibility index (Phi) is 8.56. The van der Waals surface area contributed by atoms with Crippen molar-refractivity contribution in [2.75, 3.05) is 18.6 Å². The predicted molar refractivity (Wildman–Crippen MR) is 76.2 cm³/mol. The summed E-state index contributed by atoms with van der Waals surface area (Å²) in [5, 5.41) is 12.8. The van der Waals surface area contributed by atoms with Crippen LogP contribution in [0.3, 0.4) is 0 Å². The average Bonchev–Trinajstić information content (AvgIpc) is 2.58. The largest absolute Gasteiger partial charge is 0.313 e. The fourth-order valence-corrected chi connectivity index (χ4v) is 3.03. The highest BCUT2D eigenvalue weighted by molar-refractivity contribution is 7.98. The zero-order chi connectivity index (χ0) is 12.3. The highest BCUT2D eigenvalue weighted by Gasteiger charge is 2.22. The van der Waals surface area contributed by atoms with E-state index in [-0.39, 0.29) is 5.92 Å². The average molecular weight is 254 g/mol. The van der Waals surface area contributed by atoms with Crippen LogP contribution in [0.25, 0.3) is 0 Å². The summed E-state index contributed by atoms with van der Waals surface area (Å²) in [5.74, 6) is 1.54. The highest BCUT2D eigenvalue weighted by Crippen LogP contribution is 2.22. The fourth-order valence-electron chi connectivity index (χ4n) is 2.54. The Balaban J connectivity index is 2.13. The number of nitrogens with one attached hydrogen (secondary N) is 1. The van der Waals surface area contributed by atoms with Gasteiger partial charge in [0.2, 0.25) is 0 Å². The summed E-state index contributed by atoms with van der Waals surface area (Å²) in [6.45, 7) is 1.09. The number of nitriles is 1. The van der Waals surface area contributed by atoms with E-state index in [1.54, 1.807) is 0 Å². The lowest BCUT2D eigenvalue weighted by molar-refractivity contribution is 0.391. The third-order valence-corrected chi connectivity index (χ3v) is 4.31. The van der Waals surface area contributed by atoms with Gasteiger partial charge in [-0.2, -0.15) is 17.0 Å². The molecule has 1 rings (SSSR count). The molecule has 1 fully saturated rings. The maximum absolute atomic E-state index is 9.17. The first-order valence-corrected chi connectivity index (χ1v) is 8.40. The summed E-state index contributed by atoms with van der Waals surface area (Å²) in [5.41, 5.74) is 0. The smallest absolute Gasteiger partial charge is 0.0672 e. The van der Waals surface area contributed by atoms with E-state index in [2.05, 4.69) is 17.6 Å². The van der Waals surface area contributed by atoms with Gasteiger partial charge in [0.1, 0.15) is 0 Å². The molecule has 0 radical (unpaired) electrons. The van der Waals surface area contributed by atoms with E-state index in [9.17, 15) is 0 Å². The number of hydrogen-bond acceptors (Lipinski definition) is 3. The minimum Gasteiger partial charge on any atom is -0.313 e. The molecule has 1 saturated carbocycles.